The smallest absolute Gasteiger partial charge is 0.340 e. The van der Waals surface area contributed by atoms with Crippen molar-refractivity contribution < 1.29 is 9.18 Å². The molecule has 2 aromatic heterocycles. The summed E-state index contributed by atoms with van der Waals surface area (Å²) in [5.41, 5.74) is 11.3. The zero-order valence-electron chi connectivity index (χ0n) is 20.0. The second kappa shape index (κ2) is 9.96. The van der Waals surface area contributed by atoms with E-state index >= 15 is 0 Å². The van der Waals surface area contributed by atoms with Gasteiger partial charge >= 0.3 is 6.03 Å². The van der Waals surface area contributed by atoms with E-state index in [-0.39, 0.29) is 5.82 Å². The molecule has 1 fully saturated rings. The van der Waals surface area contributed by atoms with Crippen molar-refractivity contribution in [3.05, 3.63) is 71.8 Å². The van der Waals surface area contributed by atoms with Crippen molar-refractivity contribution in [3.8, 4) is 22.4 Å². The van der Waals surface area contributed by atoms with Crippen LogP contribution in [0.2, 0.25) is 0 Å². The van der Waals surface area contributed by atoms with E-state index in [9.17, 15) is 9.18 Å². The van der Waals surface area contributed by atoms with Crippen LogP contribution in [0.5, 0.6) is 0 Å². The van der Waals surface area contributed by atoms with Crippen molar-refractivity contribution >= 4 is 16.9 Å². The van der Waals surface area contributed by atoms with Crippen LogP contribution in [0.4, 0.5) is 9.18 Å². The first-order valence-corrected chi connectivity index (χ1v) is 12.3. The van der Waals surface area contributed by atoms with Crippen molar-refractivity contribution in [1.29, 1.82) is 0 Å². The number of benzene rings is 2. The lowest BCUT2D eigenvalue weighted by molar-refractivity contribution is 0.226. The topological polar surface area (TPSA) is 77.0 Å². The van der Waals surface area contributed by atoms with Crippen LogP contribution in [0, 0.1) is 12.7 Å². The highest BCUT2D eigenvalue weighted by Crippen LogP contribution is 2.33. The van der Waals surface area contributed by atoms with E-state index in [4.69, 9.17) is 5.73 Å². The van der Waals surface area contributed by atoms with Crippen molar-refractivity contribution in [2.75, 3.05) is 19.6 Å². The van der Waals surface area contributed by atoms with Crippen molar-refractivity contribution in [1.82, 2.24) is 19.7 Å². The van der Waals surface area contributed by atoms with Gasteiger partial charge in [-0.1, -0.05) is 18.6 Å². The van der Waals surface area contributed by atoms with Crippen molar-refractivity contribution in [3.63, 3.8) is 0 Å². The summed E-state index contributed by atoms with van der Waals surface area (Å²) in [5.74, 6) is -0.235. The number of piperidine rings is 1. The number of nitrogens with two attached hydrogens (primary N) is 1. The predicted molar refractivity (Wildman–Crippen MR) is 137 cm³/mol. The molecule has 2 aromatic carbocycles. The highest BCUT2D eigenvalue weighted by molar-refractivity contribution is 5.95. The molecular weight excluding hydrogens is 441 g/mol. The number of carbonyl (C=O) groups is 1. The molecule has 7 heteroatoms. The minimum Gasteiger partial charge on any atom is -0.350 e. The number of halogens is 1. The number of amides is 1. The second-order valence-electron chi connectivity index (χ2n) is 9.30. The van der Waals surface area contributed by atoms with E-state index in [2.05, 4.69) is 21.0 Å². The summed E-state index contributed by atoms with van der Waals surface area (Å²) in [6, 6.07) is 14.3. The molecule has 35 heavy (non-hydrogen) atoms. The molecule has 0 saturated carbocycles. The van der Waals surface area contributed by atoms with Gasteiger partial charge in [-0.25, -0.2) is 9.18 Å². The van der Waals surface area contributed by atoms with Gasteiger partial charge in [0.15, 0.2) is 0 Å². The third-order valence-electron chi connectivity index (χ3n) is 6.85. The quantitative estimate of drug-likeness (QED) is 0.400. The number of nitrogens with zero attached hydrogens (tertiary/aromatic N) is 4. The summed E-state index contributed by atoms with van der Waals surface area (Å²) >= 11 is 0. The van der Waals surface area contributed by atoms with Crippen LogP contribution in [-0.4, -0.2) is 45.3 Å². The summed E-state index contributed by atoms with van der Waals surface area (Å²) in [5, 5.41) is 5.50. The Balaban J connectivity index is 1.51. The lowest BCUT2D eigenvalue weighted by atomic mass is 9.97. The van der Waals surface area contributed by atoms with E-state index in [0.717, 1.165) is 65.9 Å². The number of aromatic nitrogens is 3. The Morgan fingerprint density at radius 3 is 2.63 bits per heavy atom. The molecule has 2 N–H and O–H groups in total. The number of pyridine rings is 1. The molecule has 1 aliphatic heterocycles. The number of carbonyl (C=O) groups excluding carboxylic acids is 1. The Morgan fingerprint density at radius 1 is 1.06 bits per heavy atom. The van der Waals surface area contributed by atoms with Gasteiger partial charge < -0.3 is 10.6 Å². The van der Waals surface area contributed by atoms with Crippen LogP contribution in [0.15, 0.2) is 54.7 Å². The number of rotatable bonds is 6. The molecule has 180 valence electrons. The number of hydrogen-bond acceptors (Lipinski definition) is 4. The molecule has 0 atom stereocenters. The minimum absolute atomic E-state index is 0.235. The zero-order valence-corrected chi connectivity index (χ0v) is 20.0. The number of likely N-dealkylation sites (tertiary alicyclic amines) is 1. The van der Waals surface area contributed by atoms with E-state index in [1.807, 2.05) is 30.3 Å². The molecule has 4 aromatic rings. The SMILES string of the molecule is Cc1cc(-c2ncccc2-c2ccc3c(c2)c(CCCN2CCCCC2)nn3C(N)=O)ccc1F. The third-order valence-corrected chi connectivity index (χ3v) is 6.85. The third kappa shape index (κ3) is 4.82. The van der Waals surface area contributed by atoms with Gasteiger partial charge in [-0.05, 0) is 99.8 Å². The fourth-order valence-corrected chi connectivity index (χ4v) is 5.01. The van der Waals surface area contributed by atoms with Crippen molar-refractivity contribution in [2.24, 2.45) is 5.73 Å². The Hall–Kier alpha value is -3.58. The van der Waals surface area contributed by atoms with Crippen LogP contribution in [0.3, 0.4) is 0 Å². The monoisotopic (exact) mass is 471 g/mol. The molecule has 1 saturated heterocycles. The Morgan fingerprint density at radius 2 is 1.86 bits per heavy atom. The first-order valence-electron chi connectivity index (χ1n) is 12.3. The number of hydrogen-bond donors (Lipinski definition) is 1. The van der Waals surface area contributed by atoms with E-state index < -0.39 is 6.03 Å². The summed E-state index contributed by atoms with van der Waals surface area (Å²) < 4.78 is 15.2. The molecule has 0 unspecified atom stereocenters. The maximum Gasteiger partial charge on any atom is 0.340 e. The largest absolute Gasteiger partial charge is 0.350 e. The van der Waals surface area contributed by atoms with Gasteiger partial charge in [0.1, 0.15) is 5.82 Å². The molecule has 5 rings (SSSR count). The maximum absolute atomic E-state index is 13.9. The molecule has 0 spiro atoms. The lowest BCUT2D eigenvalue weighted by Gasteiger charge is -2.26. The van der Waals surface area contributed by atoms with Gasteiger partial charge in [-0.2, -0.15) is 9.78 Å². The van der Waals surface area contributed by atoms with Gasteiger partial charge in [-0.3, -0.25) is 4.98 Å². The standard InChI is InChI=1S/C28H30FN5O/c1-19-17-21(9-11-24(19)29)27-22(7-5-13-31-27)20-10-12-26-23(18-20)25(32-34(26)28(30)35)8-6-16-33-14-3-2-4-15-33/h5,7,9-13,17-18H,2-4,6,8,14-16H2,1H3,(H2,30,35). The van der Waals surface area contributed by atoms with Crippen LogP contribution in [0.1, 0.15) is 36.9 Å². The zero-order chi connectivity index (χ0) is 24.4. The Kier molecular flexibility index (Phi) is 6.59. The highest BCUT2D eigenvalue weighted by atomic mass is 19.1. The molecule has 0 radical (unpaired) electrons. The summed E-state index contributed by atoms with van der Waals surface area (Å²) in [6.07, 6.45) is 7.34. The van der Waals surface area contributed by atoms with Gasteiger partial charge in [0, 0.05) is 22.7 Å². The fourth-order valence-electron chi connectivity index (χ4n) is 5.01. The molecular formula is C28H30FN5O. The van der Waals surface area contributed by atoms with Gasteiger partial charge in [0.25, 0.3) is 0 Å². The van der Waals surface area contributed by atoms with Crippen LogP contribution in [0.25, 0.3) is 33.3 Å². The van der Waals surface area contributed by atoms with Crippen LogP contribution >= 0.6 is 0 Å². The predicted octanol–water partition coefficient (Wildman–Crippen LogP) is 5.56. The average molecular weight is 472 g/mol. The normalized spacial score (nSPS) is 14.5. The maximum atomic E-state index is 13.9. The van der Waals surface area contributed by atoms with E-state index in [1.54, 1.807) is 19.2 Å². The number of aryl methyl sites for hydroxylation is 2. The number of primary amides is 1. The van der Waals surface area contributed by atoms with Gasteiger partial charge in [-0.15, -0.1) is 0 Å². The minimum atomic E-state index is -0.589. The lowest BCUT2D eigenvalue weighted by Crippen LogP contribution is -2.30. The summed E-state index contributed by atoms with van der Waals surface area (Å²) in [7, 11) is 0. The average Bonchev–Trinajstić information content (AvgIpc) is 3.24. The molecule has 3 heterocycles. The molecule has 0 aliphatic carbocycles. The molecule has 1 aliphatic rings. The highest BCUT2D eigenvalue weighted by Gasteiger charge is 2.17. The fraction of sp³-hybridized carbons (Fsp3) is 0.321. The van der Waals surface area contributed by atoms with E-state index in [0.29, 0.717) is 11.1 Å². The summed E-state index contributed by atoms with van der Waals surface area (Å²) in [6.45, 7) is 5.10. The first kappa shape index (κ1) is 23.2. The molecule has 1 amide bonds. The number of fused-ring (bicyclic) bond motifs is 1. The Labute approximate surface area is 204 Å². The second-order valence-corrected chi connectivity index (χ2v) is 9.30. The molecule has 6 nitrogen and oxygen atoms in total. The van der Waals surface area contributed by atoms with Crippen LogP contribution < -0.4 is 5.73 Å². The van der Waals surface area contributed by atoms with Crippen molar-refractivity contribution in [2.45, 2.75) is 39.0 Å². The molecule has 0 bridgehead atoms. The van der Waals surface area contributed by atoms with E-state index in [1.165, 1.54) is 30.0 Å². The summed E-state index contributed by atoms with van der Waals surface area (Å²) in [4.78, 5) is 19.2. The van der Waals surface area contributed by atoms with Crippen LogP contribution in [-0.2, 0) is 6.42 Å². The van der Waals surface area contributed by atoms with Gasteiger partial charge in [0.2, 0.25) is 0 Å². The first-order chi connectivity index (χ1) is 17.0. The Bertz CT molecular complexity index is 1370. The van der Waals surface area contributed by atoms with Gasteiger partial charge in [0.05, 0.1) is 16.9 Å².